The molecule has 1 saturated carbocycles. The van der Waals surface area contributed by atoms with Crippen molar-refractivity contribution < 1.29 is 19.1 Å². The van der Waals surface area contributed by atoms with Crippen LogP contribution in [0.1, 0.15) is 72.9 Å². The molecule has 0 saturated heterocycles. The van der Waals surface area contributed by atoms with Crippen molar-refractivity contribution in [1.29, 1.82) is 0 Å². The van der Waals surface area contributed by atoms with E-state index in [1.807, 2.05) is 33.8 Å². The molecule has 0 bridgehead atoms. The number of carbonyl (C=O) groups excluding carboxylic acids is 3. The number of nitrogens with one attached hydrogen (secondary N) is 3. The number of ether oxygens (including phenoxy) is 1. The first-order valence-electron chi connectivity index (χ1n) is 13.9. The monoisotopic (exact) mass is 558 g/mol. The molecule has 10 nitrogen and oxygen atoms in total. The Bertz CT molecular complexity index is 934. The van der Waals surface area contributed by atoms with Crippen LogP contribution in [0.25, 0.3) is 0 Å². The number of likely N-dealkylation sites (N-methyl/N-ethyl adjacent to an activating group) is 2. The summed E-state index contributed by atoms with van der Waals surface area (Å²) in [5.41, 5.74) is 2.17. The lowest BCUT2D eigenvalue weighted by Crippen LogP contribution is -2.24. The summed E-state index contributed by atoms with van der Waals surface area (Å²) in [6, 6.07) is 8.88. The SMILES string of the molecule is C1CCCCC1.C=O.CCNc1cc(CNC(=O)c2ccc(CC(=O)N(C)C)cc2)nc(C)n1.CNCCOC. The third-order valence-corrected chi connectivity index (χ3v) is 5.81. The first kappa shape index (κ1) is 36.6. The fourth-order valence-corrected chi connectivity index (χ4v) is 3.64. The van der Waals surface area contributed by atoms with Crippen LogP contribution in [0.3, 0.4) is 0 Å². The zero-order valence-electron chi connectivity index (χ0n) is 25.3. The number of methoxy groups -OCH3 is 1. The van der Waals surface area contributed by atoms with E-state index in [0.29, 0.717) is 24.4 Å². The molecule has 3 rings (SSSR count). The van der Waals surface area contributed by atoms with Crippen LogP contribution < -0.4 is 16.0 Å². The maximum Gasteiger partial charge on any atom is 0.251 e. The van der Waals surface area contributed by atoms with Crippen LogP contribution in [-0.4, -0.2) is 81.4 Å². The Morgan fingerprint density at radius 3 is 2.02 bits per heavy atom. The normalized spacial score (nSPS) is 11.8. The third-order valence-electron chi connectivity index (χ3n) is 5.81. The Kier molecular flexibility index (Phi) is 21.5. The Morgan fingerprint density at radius 2 is 1.57 bits per heavy atom. The minimum absolute atomic E-state index is 0.0258. The summed E-state index contributed by atoms with van der Waals surface area (Å²) >= 11 is 0. The van der Waals surface area contributed by atoms with Crippen LogP contribution in [0.4, 0.5) is 5.82 Å². The Labute approximate surface area is 240 Å². The van der Waals surface area contributed by atoms with Gasteiger partial charge in [0.2, 0.25) is 5.91 Å². The van der Waals surface area contributed by atoms with Gasteiger partial charge in [-0.3, -0.25) is 9.59 Å². The predicted molar refractivity (Wildman–Crippen MR) is 162 cm³/mol. The van der Waals surface area contributed by atoms with Crippen LogP contribution >= 0.6 is 0 Å². The first-order chi connectivity index (χ1) is 19.3. The smallest absolute Gasteiger partial charge is 0.251 e. The van der Waals surface area contributed by atoms with Gasteiger partial charge in [0.15, 0.2) is 0 Å². The van der Waals surface area contributed by atoms with Crippen LogP contribution in [0.2, 0.25) is 0 Å². The van der Waals surface area contributed by atoms with E-state index in [1.165, 1.54) is 38.5 Å². The van der Waals surface area contributed by atoms with Gasteiger partial charge >= 0.3 is 0 Å². The predicted octanol–water partition coefficient (Wildman–Crippen LogP) is 3.79. The number of carbonyl (C=O) groups is 3. The standard InChI is InChI=1S/C19H25N5O2.C6H12.C4H11NO.CH2O/c1-5-20-17-11-16(22-13(2)23-17)12-21-19(26)15-8-6-14(7-9-15)10-18(25)24(3)4;1-2-4-6-5-3-1;1-5-3-4-6-2;1-2/h6-9,11H,5,10,12H2,1-4H3,(H,21,26)(H,20,22,23);1-6H2;5H,3-4H2,1-2H3;1H2. The molecule has 3 N–H and O–H groups in total. The average Bonchev–Trinajstić information content (AvgIpc) is 2.97. The number of hydrogen-bond donors (Lipinski definition) is 3. The van der Waals surface area contributed by atoms with Gasteiger partial charge in [-0.1, -0.05) is 50.7 Å². The van der Waals surface area contributed by atoms with E-state index in [0.717, 1.165) is 36.8 Å². The Balaban J connectivity index is 0.000000889. The van der Waals surface area contributed by atoms with Crippen molar-refractivity contribution in [3.05, 3.63) is 53.0 Å². The van der Waals surface area contributed by atoms with E-state index >= 15 is 0 Å². The molecule has 0 spiro atoms. The van der Waals surface area contributed by atoms with Crippen molar-refractivity contribution in [2.24, 2.45) is 0 Å². The molecule has 0 unspecified atom stereocenters. The summed E-state index contributed by atoms with van der Waals surface area (Å²) in [6.45, 7) is 8.65. The van der Waals surface area contributed by atoms with Gasteiger partial charge in [-0.05, 0) is 38.6 Å². The summed E-state index contributed by atoms with van der Waals surface area (Å²) in [5.74, 6) is 1.25. The van der Waals surface area contributed by atoms with Crippen molar-refractivity contribution in [2.75, 3.05) is 53.3 Å². The summed E-state index contributed by atoms with van der Waals surface area (Å²) in [6.07, 6.45) is 9.32. The average molecular weight is 559 g/mol. The highest BCUT2D eigenvalue weighted by Crippen LogP contribution is 2.15. The molecule has 1 aromatic carbocycles. The van der Waals surface area contributed by atoms with E-state index in [1.54, 1.807) is 50.4 Å². The lowest BCUT2D eigenvalue weighted by molar-refractivity contribution is -0.127. The quantitative estimate of drug-likeness (QED) is 0.376. The summed E-state index contributed by atoms with van der Waals surface area (Å²) in [5, 5.41) is 8.94. The molecule has 2 amide bonds. The van der Waals surface area contributed by atoms with Gasteiger partial charge in [0.1, 0.15) is 18.4 Å². The Hall–Kier alpha value is -3.37. The summed E-state index contributed by atoms with van der Waals surface area (Å²) in [7, 11) is 7.04. The fraction of sp³-hybridized carbons (Fsp3) is 0.567. The fourth-order valence-electron chi connectivity index (χ4n) is 3.64. The van der Waals surface area contributed by atoms with Crippen LogP contribution in [-0.2, 0) is 27.3 Å². The van der Waals surface area contributed by atoms with Crippen LogP contribution in [0.15, 0.2) is 30.3 Å². The topological polar surface area (TPSA) is 126 Å². The van der Waals surface area contributed by atoms with E-state index in [2.05, 4.69) is 25.9 Å². The molecular formula is C30H50N6O4. The van der Waals surface area contributed by atoms with Crippen molar-refractivity contribution >= 4 is 24.4 Å². The van der Waals surface area contributed by atoms with Crippen molar-refractivity contribution in [2.45, 2.75) is 65.3 Å². The second-order valence-corrected chi connectivity index (χ2v) is 9.38. The number of amides is 2. The molecule has 40 heavy (non-hydrogen) atoms. The van der Waals surface area contributed by atoms with Crippen molar-refractivity contribution in [3.8, 4) is 0 Å². The number of hydrogen-bond acceptors (Lipinski definition) is 8. The number of nitrogens with zero attached hydrogens (tertiary/aromatic N) is 3. The second kappa shape index (κ2) is 23.5. The molecule has 0 atom stereocenters. The highest BCUT2D eigenvalue weighted by Gasteiger charge is 2.09. The maximum absolute atomic E-state index is 12.3. The lowest BCUT2D eigenvalue weighted by Gasteiger charge is -2.11. The minimum atomic E-state index is -0.184. The molecule has 1 aromatic heterocycles. The Morgan fingerprint density at radius 1 is 1.00 bits per heavy atom. The molecule has 1 heterocycles. The van der Waals surface area contributed by atoms with Gasteiger partial charge in [-0.15, -0.1) is 0 Å². The van der Waals surface area contributed by atoms with Gasteiger partial charge in [0, 0.05) is 45.9 Å². The molecule has 1 aliphatic rings. The zero-order chi connectivity index (χ0) is 30.2. The summed E-state index contributed by atoms with van der Waals surface area (Å²) in [4.78, 5) is 42.2. The molecule has 10 heteroatoms. The van der Waals surface area contributed by atoms with Gasteiger partial charge in [0.25, 0.3) is 5.91 Å². The minimum Gasteiger partial charge on any atom is -0.383 e. The molecule has 2 aromatic rings. The van der Waals surface area contributed by atoms with Crippen LogP contribution in [0, 0.1) is 6.92 Å². The van der Waals surface area contributed by atoms with Crippen molar-refractivity contribution in [3.63, 3.8) is 0 Å². The van der Waals surface area contributed by atoms with E-state index in [-0.39, 0.29) is 11.8 Å². The largest absolute Gasteiger partial charge is 0.383 e. The molecule has 0 aliphatic heterocycles. The highest BCUT2D eigenvalue weighted by atomic mass is 16.5. The number of rotatable bonds is 10. The van der Waals surface area contributed by atoms with Gasteiger partial charge < -0.3 is 30.4 Å². The third kappa shape index (κ3) is 17.3. The van der Waals surface area contributed by atoms with Gasteiger partial charge in [-0.25, -0.2) is 9.97 Å². The summed E-state index contributed by atoms with van der Waals surface area (Å²) < 4.78 is 4.72. The molecule has 0 radical (unpaired) electrons. The first-order valence-corrected chi connectivity index (χ1v) is 13.9. The molecule has 224 valence electrons. The van der Waals surface area contributed by atoms with E-state index in [9.17, 15) is 9.59 Å². The van der Waals surface area contributed by atoms with E-state index < -0.39 is 0 Å². The zero-order valence-corrected chi connectivity index (χ0v) is 25.3. The second-order valence-electron chi connectivity index (χ2n) is 9.38. The molecule has 1 fully saturated rings. The highest BCUT2D eigenvalue weighted by molar-refractivity contribution is 5.94. The van der Waals surface area contributed by atoms with Crippen LogP contribution in [0.5, 0.6) is 0 Å². The van der Waals surface area contributed by atoms with Gasteiger partial charge in [-0.2, -0.15) is 0 Å². The maximum atomic E-state index is 12.3. The lowest BCUT2D eigenvalue weighted by atomic mass is 10.0. The number of aryl methyl sites for hydroxylation is 1. The number of benzene rings is 1. The number of aromatic nitrogens is 2. The van der Waals surface area contributed by atoms with Crippen molar-refractivity contribution in [1.82, 2.24) is 25.5 Å². The molecular weight excluding hydrogens is 508 g/mol. The van der Waals surface area contributed by atoms with E-state index in [4.69, 9.17) is 9.53 Å². The van der Waals surface area contributed by atoms with Gasteiger partial charge in [0.05, 0.1) is 25.3 Å². The molecule has 1 aliphatic carbocycles. The number of anilines is 1.